The van der Waals surface area contributed by atoms with E-state index in [4.69, 9.17) is 10.5 Å². The number of aromatic amines is 1. The molecule has 0 spiro atoms. The largest absolute Gasteiger partial charge is 0.497 e. The van der Waals surface area contributed by atoms with Gasteiger partial charge < -0.3 is 20.4 Å². The van der Waals surface area contributed by atoms with Crippen LogP contribution in [0.4, 0.5) is 17.5 Å². The number of anilines is 3. The monoisotopic (exact) mass is 270 g/mol. The van der Waals surface area contributed by atoms with Crippen molar-refractivity contribution in [2.24, 2.45) is 0 Å². The summed E-state index contributed by atoms with van der Waals surface area (Å²) in [4.78, 5) is 17.5. The maximum absolute atomic E-state index is 5.73. The molecule has 0 bridgehead atoms. The highest BCUT2D eigenvalue weighted by Gasteiger charge is 2.14. The summed E-state index contributed by atoms with van der Waals surface area (Å²) in [5.41, 5.74) is 7.98. The molecule has 0 unspecified atom stereocenters. The number of nitrogens with one attached hydrogen (secondary N) is 1. The van der Waals surface area contributed by atoms with E-state index in [0.717, 1.165) is 11.4 Å². The van der Waals surface area contributed by atoms with Crippen molar-refractivity contribution in [1.82, 2.24) is 19.9 Å². The number of nitrogens with zero attached hydrogens (tertiary/aromatic N) is 4. The normalized spacial score (nSPS) is 10.7. The van der Waals surface area contributed by atoms with E-state index in [-0.39, 0.29) is 5.95 Å². The van der Waals surface area contributed by atoms with Gasteiger partial charge in [0.15, 0.2) is 17.0 Å². The Balaban J connectivity index is 2.06. The number of aromatic nitrogens is 4. The number of hydrogen-bond acceptors (Lipinski definition) is 6. The van der Waals surface area contributed by atoms with Crippen LogP contribution in [-0.2, 0) is 0 Å². The molecule has 3 rings (SSSR count). The first-order valence-electron chi connectivity index (χ1n) is 6.03. The summed E-state index contributed by atoms with van der Waals surface area (Å²) in [6, 6.07) is 7.65. The fourth-order valence-corrected chi connectivity index (χ4v) is 2.00. The molecule has 0 aliphatic heterocycles. The molecule has 0 saturated heterocycles. The number of H-pyrrole nitrogens is 1. The summed E-state index contributed by atoms with van der Waals surface area (Å²) in [7, 11) is 3.54. The van der Waals surface area contributed by atoms with Crippen LogP contribution in [0.15, 0.2) is 30.6 Å². The van der Waals surface area contributed by atoms with Crippen LogP contribution >= 0.6 is 0 Å². The Morgan fingerprint density at radius 3 is 2.65 bits per heavy atom. The van der Waals surface area contributed by atoms with Crippen molar-refractivity contribution in [2.75, 3.05) is 24.8 Å². The Kier molecular flexibility index (Phi) is 2.86. The molecular formula is C13H14N6O. The number of nitrogens with two attached hydrogens (primary N) is 1. The summed E-state index contributed by atoms with van der Waals surface area (Å²) < 4.78 is 5.15. The molecule has 0 atom stereocenters. The Bertz CT molecular complexity index is 736. The minimum absolute atomic E-state index is 0.206. The summed E-state index contributed by atoms with van der Waals surface area (Å²) >= 11 is 0. The van der Waals surface area contributed by atoms with E-state index in [9.17, 15) is 0 Å². The highest BCUT2D eigenvalue weighted by Crippen LogP contribution is 2.28. The number of nitrogen functional groups attached to an aromatic ring is 1. The Morgan fingerprint density at radius 1 is 1.20 bits per heavy atom. The van der Waals surface area contributed by atoms with Crippen LogP contribution in [0.3, 0.4) is 0 Å². The molecule has 7 nitrogen and oxygen atoms in total. The molecule has 1 aromatic carbocycles. The van der Waals surface area contributed by atoms with E-state index in [2.05, 4.69) is 19.9 Å². The Hall–Kier alpha value is -2.83. The predicted octanol–water partition coefficient (Wildman–Crippen LogP) is 1.71. The molecule has 20 heavy (non-hydrogen) atoms. The molecule has 0 fully saturated rings. The summed E-state index contributed by atoms with van der Waals surface area (Å²) in [5, 5.41) is 0. The van der Waals surface area contributed by atoms with E-state index in [1.165, 1.54) is 0 Å². The maximum atomic E-state index is 5.73. The van der Waals surface area contributed by atoms with Crippen LogP contribution in [0, 0.1) is 0 Å². The highest BCUT2D eigenvalue weighted by atomic mass is 16.5. The zero-order valence-corrected chi connectivity index (χ0v) is 11.2. The smallest absolute Gasteiger partial charge is 0.224 e. The van der Waals surface area contributed by atoms with Gasteiger partial charge in [0.1, 0.15) is 5.75 Å². The highest BCUT2D eigenvalue weighted by molar-refractivity contribution is 5.86. The van der Waals surface area contributed by atoms with Gasteiger partial charge in [0.25, 0.3) is 0 Å². The zero-order valence-electron chi connectivity index (χ0n) is 11.2. The minimum Gasteiger partial charge on any atom is -0.497 e. The molecule has 102 valence electrons. The van der Waals surface area contributed by atoms with Crippen molar-refractivity contribution < 1.29 is 4.74 Å². The van der Waals surface area contributed by atoms with Crippen LogP contribution in [-0.4, -0.2) is 34.1 Å². The average Bonchev–Trinajstić information content (AvgIpc) is 2.94. The van der Waals surface area contributed by atoms with Crippen molar-refractivity contribution in [1.29, 1.82) is 0 Å². The molecule has 2 heterocycles. The van der Waals surface area contributed by atoms with Crippen LogP contribution in [0.2, 0.25) is 0 Å². The molecule has 7 heteroatoms. The van der Waals surface area contributed by atoms with Crippen molar-refractivity contribution >= 4 is 28.6 Å². The van der Waals surface area contributed by atoms with Gasteiger partial charge in [-0.25, -0.2) is 4.98 Å². The zero-order chi connectivity index (χ0) is 14.1. The first kappa shape index (κ1) is 12.2. The number of hydrogen-bond donors (Lipinski definition) is 2. The van der Waals surface area contributed by atoms with Gasteiger partial charge in [-0.15, -0.1) is 0 Å². The number of methoxy groups -OCH3 is 1. The number of rotatable bonds is 3. The molecule has 0 saturated carbocycles. The summed E-state index contributed by atoms with van der Waals surface area (Å²) in [6.45, 7) is 0. The van der Waals surface area contributed by atoms with Crippen LogP contribution in [0.1, 0.15) is 0 Å². The topological polar surface area (TPSA) is 93.0 Å². The lowest BCUT2D eigenvalue weighted by atomic mass is 10.2. The van der Waals surface area contributed by atoms with Crippen LogP contribution in [0.5, 0.6) is 5.75 Å². The van der Waals surface area contributed by atoms with E-state index in [1.807, 2.05) is 36.2 Å². The Labute approximate surface area is 115 Å². The van der Waals surface area contributed by atoms with Gasteiger partial charge in [-0.05, 0) is 24.3 Å². The minimum atomic E-state index is 0.206. The molecule has 0 aliphatic carbocycles. The summed E-state index contributed by atoms with van der Waals surface area (Å²) in [6.07, 6.45) is 1.57. The molecule has 3 N–H and O–H groups in total. The quantitative estimate of drug-likeness (QED) is 0.752. The van der Waals surface area contributed by atoms with E-state index in [1.54, 1.807) is 13.4 Å². The first-order valence-corrected chi connectivity index (χ1v) is 6.03. The fraction of sp³-hybridized carbons (Fsp3) is 0.154. The first-order chi connectivity index (χ1) is 9.69. The van der Waals surface area contributed by atoms with Crippen LogP contribution < -0.4 is 15.4 Å². The van der Waals surface area contributed by atoms with Crippen LogP contribution in [0.25, 0.3) is 11.2 Å². The van der Waals surface area contributed by atoms with Gasteiger partial charge in [-0.2, -0.15) is 9.97 Å². The molecule has 0 amide bonds. The standard InChI is InChI=1S/C13H14N6O/c1-19(8-3-5-9(20-2)6-4-8)12-10-11(16-7-15-10)17-13(14)18-12/h3-7H,1-2H3,(H3,14,15,16,17,18). The number of ether oxygens (including phenoxy) is 1. The number of benzene rings is 1. The second-order valence-electron chi connectivity index (χ2n) is 4.26. The number of imidazole rings is 1. The predicted molar refractivity (Wildman–Crippen MR) is 77.2 cm³/mol. The average molecular weight is 270 g/mol. The lowest BCUT2D eigenvalue weighted by molar-refractivity contribution is 0.415. The lowest BCUT2D eigenvalue weighted by Gasteiger charge is -2.18. The van der Waals surface area contributed by atoms with E-state index >= 15 is 0 Å². The molecule has 3 aromatic rings. The third-order valence-corrected chi connectivity index (χ3v) is 3.06. The summed E-state index contributed by atoms with van der Waals surface area (Å²) in [5.74, 6) is 1.66. The van der Waals surface area contributed by atoms with E-state index in [0.29, 0.717) is 17.0 Å². The third kappa shape index (κ3) is 1.99. The maximum Gasteiger partial charge on any atom is 0.224 e. The van der Waals surface area contributed by atoms with Crippen molar-refractivity contribution in [3.63, 3.8) is 0 Å². The van der Waals surface area contributed by atoms with E-state index < -0.39 is 0 Å². The van der Waals surface area contributed by atoms with Gasteiger partial charge >= 0.3 is 0 Å². The second kappa shape index (κ2) is 4.69. The van der Waals surface area contributed by atoms with Crippen molar-refractivity contribution in [3.8, 4) is 5.75 Å². The molecule has 2 aromatic heterocycles. The van der Waals surface area contributed by atoms with Crippen molar-refractivity contribution in [3.05, 3.63) is 30.6 Å². The lowest BCUT2D eigenvalue weighted by Crippen LogP contribution is -2.13. The second-order valence-corrected chi connectivity index (χ2v) is 4.26. The molecule has 0 aliphatic rings. The number of fused-ring (bicyclic) bond motifs is 1. The third-order valence-electron chi connectivity index (χ3n) is 3.06. The van der Waals surface area contributed by atoms with Gasteiger partial charge in [0.05, 0.1) is 13.4 Å². The molecule has 0 radical (unpaired) electrons. The fourth-order valence-electron chi connectivity index (χ4n) is 2.00. The molecular weight excluding hydrogens is 256 g/mol. The van der Waals surface area contributed by atoms with Gasteiger partial charge in [0.2, 0.25) is 5.95 Å². The van der Waals surface area contributed by atoms with Gasteiger partial charge in [0, 0.05) is 12.7 Å². The van der Waals surface area contributed by atoms with Gasteiger partial charge in [-0.3, -0.25) is 0 Å². The van der Waals surface area contributed by atoms with Crippen molar-refractivity contribution in [2.45, 2.75) is 0 Å². The van der Waals surface area contributed by atoms with Gasteiger partial charge in [-0.1, -0.05) is 0 Å². The Morgan fingerprint density at radius 2 is 1.95 bits per heavy atom. The SMILES string of the molecule is COc1ccc(N(C)c2nc(N)nc3[nH]cnc23)cc1.